The summed E-state index contributed by atoms with van der Waals surface area (Å²) in [5.74, 6) is 0.267. The largest absolute Gasteiger partial charge is 0.495 e. The van der Waals surface area contributed by atoms with Gasteiger partial charge in [0, 0.05) is 17.5 Å². The fraction of sp³-hybridized carbons (Fsp3) is 0.200. The van der Waals surface area contributed by atoms with Crippen molar-refractivity contribution in [3.05, 3.63) is 64.9 Å². The second-order valence-electron chi connectivity index (χ2n) is 6.07. The Bertz CT molecular complexity index is 938. The third-order valence-corrected chi connectivity index (χ3v) is 5.35. The van der Waals surface area contributed by atoms with Crippen LogP contribution in [0.15, 0.2) is 47.8 Å². The number of aryl methyl sites for hydroxylation is 1. The molecule has 0 fully saturated rings. The lowest BCUT2D eigenvalue weighted by molar-refractivity contribution is 0.0980. The van der Waals surface area contributed by atoms with E-state index in [9.17, 15) is 9.18 Å². The molecule has 0 atom stereocenters. The van der Waals surface area contributed by atoms with Gasteiger partial charge in [0.1, 0.15) is 22.3 Å². The average molecular weight is 368 g/mol. The minimum Gasteiger partial charge on any atom is -0.495 e. The molecule has 0 bridgehead atoms. The number of thiazole rings is 1. The minimum atomic E-state index is -0.293. The Labute approximate surface area is 154 Å². The van der Waals surface area contributed by atoms with E-state index in [2.05, 4.69) is 4.98 Å². The highest BCUT2D eigenvalue weighted by Crippen LogP contribution is 2.37. The normalized spacial score (nSPS) is 13.4. The number of para-hydroxylation sites is 1. The van der Waals surface area contributed by atoms with Gasteiger partial charge in [0.05, 0.1) is 12.8 Å². The molecule has 0 saturated carbocycles. The number of aromatic nitrogens is 1. The Kier molecular flexibility index (Phi) is 4.42. The van der Waals surface area contributed by atoms with E-state index in [1.807, 2.05) is 18.2 Å². The van der Waals surface area contributed by atoms with Gasteiger partial charge in [0.15, 0.2) is 0 Å². The first kappa shape index (κ1) is 16.7. The van der Waals surface area contributed by atoms with E-state index in [1.165, 1.54) is 23.5 Å². The van der Waals surface area contributed by atoms with Crippen molar-refractivity contribution in [3.8, 4) is 16.3 Å². The zero-order valence-corrected chi connectivity index (χ0v) is 15.1. The second-order valence-corrected chi connectivity index (χ2v) is 6.93. The number of amides is 1. The van der Waals surface area contributed by atoms with Crippen molar-refractivity contribution >= 4 is 22.9 Å². The van der Waals surface area contributed by atoms with E-state index in [1.54, 1.807) is 29.5 Å². The predicted molar refractivity (Wildman–Crippen MR) is 100 cm³/mol. The summed E-state index contributed by atoms with van der Waals surface area (Å²) in [6, 6.07) is 12.0. The van der Waals surface area contributed by atoms with Gasteiger partial charge in [-0.2, -0.15) is 0 Å². The summed E-state index contributed by atoms with van der Waals surface area (Å²) in [5.41, 5.74) is 3.14. The lowest BCUT2D eigenvalue weighted by atomic mass is 10.0. The Morgan fingerprint density at radius 1 is 1.23 bits per heavy atom. The maximum Gasteiger partial charge on any atom is 0.277 e. The lowest BCUT2D eigenvalue weighted by Crippen LogP contribution is -2.36. The monoisotopic (exact) mass is 368 g/mol. The Hall–Kier alpha value is -2.73. The molecule has 1 aromatic heterocycles. The highest BCUT2D eigenvalue weighted by molar-refractivity contribution is 7.13. The van der Waals surface area contributed by atoms with Crippen molar-refractivity contribution in [2.24, 2.45) is 0 Å². The van der Waals surface area contributed by atoms with Gasteiger partial charge >= 0.3 is 0 Å². The summed E-state index contributed by atoms with van der Waals surface area (Å²) in [7, 11) is 1.61. The minimum absolute atomic E-state index is 0.139. The van der Waals surface area contributed by atoms with Crippen molar-refractivity contribution < 1.29 is 13.9 Å². The summed E-state index contributed by atoms with van der Waals surface area (Å²) in [4.78, 5) is 19.3. The number of fused-ring (bicyclic) bond motifs is 1. The number of halogens is 1. The summed E-state index contributed by atoms with van der Waals surface area (Å²) in [6.45, 7) is 0.635. The second kappa shape index (κ2) is 6.88. The van der Waals surface area contributed by atoms with E-state index in [0.717, 1.165) is 29.7 Å². The molecular weight excluding hydrogens is 351 g/mol. The molecule has 132 valence electrons. The number of anilines is 1. The van der Waals surface area contributed by atoms with Gasteiger partial charge in [-0.3, -0.25) is 4.79 Å². The molecule has 6 heteroatoms. The van der Waals surface area contributed by atoms with E-state index < -0.39 is 0 Å². The third-order valence-electron chi connectivity index (χ3n) is 4.46. The zero-order valence-electron chi connectivity index (χ0n) is 14.2. The molecule has 0 aliphatic carbocycles. The van der Waals surface area contributed by atoms with E-state index >= 15 is 0 Å². The summed E-state index contributed by atoms with van der Waals surface area (Å²) in [6.07, 6.45) is 1.83. The van der Waals surface area contributed by atoms with Crippen LogP contribution in [0.25, 0.3) is 10.6 Å². The first-order valence-electron chi connectivity index (χ1n) is 8.36. The number of hydrogen-bond acceptors (Lipinski definition) is 4. The van der Waals surface area contributed by atoms with Crippen molar-refractivity contribution in [2.45, 2.75) is 12.8 Å². The van der Waals surface area contributed by atoms with Crippen LogP contribution in [0.3, 0.4) is 0 Å². The molecule has 1 aliphatic rings. The van der Waals surface area contributed by atoms with Crippen molar-refractivity contribution in [3.63, 3.8) is 0 Å². The van der Waals surface area contributed by atoms with Crippen LogP contribution in [0.2, 0.25) is 0 Å². The summed E-state index contributed by atoms with van der Waals surface area (Å²) >= 11 is 1.38. The summed E-state index contributed by atoms with van der Waals surface area (Å²) in [5, 5.41) is 2.45. The van der Waals surface area contributed by atoms with Crippen LogP contribution in [-0.4, -0.2) is 24.5 Å². The van der Waals surface area contributed by atoms with E-state index in [-0.39, 0.29) is 11.7 Å². The van der Waals surface area contributed by atoms with Gasteiger partial charge in [0.25, 0.3) is 5.91 Å². The van der Waals surface area contributed by atoms with Gasteiger partial charge < -0.3 is 9.64 Å². The van der Waals surface area contributed by atoms with Crippen LogP contribution in [0, 0.1) is 5.82 Å². The van der Waals surface area contributed by atoms with Crippen LogP contribution in [0.1, 0.15) is 22.5 Å². The highest BCUT2D eigenvalue weighted by Gasteiger charge is 2.28. The van der Waals surface area contributed by atoms with Gasteiger partial charge in [-0.25, -0.2) is 9.37 Å². The molecule has 2 heterocycles. The fourth-order valence-electron chi connectivity index (χ4n) is 3.22. The van der Waals surface area contributed by atoms with Gasteiger partial charge in [-0.15, -0.1) is 11.3 Å². The number of hydrogen-bond donors (Lipinski definition) is 0. The first-order chi connectivity index (χ1) is 12.7. The Morgan fingerprint density at radius 3 is 2.81 bits per heavy atom. The fourth-order valence-corrected chi connectivity index (χ4v) is 4.02. The van der Waals surface area contributed by atoms with Crippen LogP contribution >= 0.6 is 11.3 Å². The molecule has 0 unspecified atom stereocenters. The number of carbonyl (C=O) groups is 1. The molecule has 0 radical (unpaired) electrons. The van der Waals surface area contributed by atoms with E-state index in [4.69, 9.17) is 4.74 Å². The smallest absolute Gasteiger partial charge is 0.277 e. The Morgan fingerprint density at radius 2 is 2.04 bits per heavy atom. The van der Waals surface area contributed by atoms with Crippen LogP contribution in [0.5, 0.6) is 5.75 Å². The molecule has 2 aromatic carbocycles. The standard InChI is InChI=1S/C20H17FN2O2S/c1-25-17-6-2-4-13-5-3-11-23(18(13)17)20(24)16-12-26-19(22-16)14-7-9-15(21)10-8-14/h2,4,6-10,12H,3,5,11H2,1H3. The molecule has 1 amide bonds. The number of benzene rings is 2. The highest BCUT2D eigenvalue weighted by atomic mass is 32.1. The number of methoxy groups -OCH3 is 1. The molecular formula is C20H17FN2O2S. The molecule has 0 spiro atoms. The number of ether oxygens (including phenoxy) is 1. The van der Waals surface area contributed by atoms with Gasteiger partial charge in [-0.1, -0.05) is 12.1 Å². The molecule has 0 N–H and O–H groups in total. The maximum atomic E-state index is 13.1. The molecule has 0 saturated heterocycles. The molecule has 26 heavy (non-hydrogen) atoms. The molecule has 4 nitrogen and oxygen atoms in total. The van der Waals surface area contributed by atoms with Gasteiger partial charge in [-0.05, 0) is 48.7 Å². The van der Waals surface area contributed by atoms with Crippen molar-refractivity contribution in [2.75, 3.05) is 18.6 Å². The predicted octanol–water partition coefficient (Wildman–Crippen LogP) is 4.55. The lowest BCUT2D eigenvalue weighted by Gasteiger charge is -2.30. The SMILES string of the molecule is COc1cccc2c1N(C(=O)c1csc(-c3ccc(F)cc3)n1)CCC2. The van der Waals surface area contributed by atoms with Crippen LogP contribution in [-0.2, 0) is 6.42 Å². The first-order valence-corrected chi connectivity index (χ1v) is 9.24. The zero-order chi connectivity index (χ0) is 18.1. The third kappa shape index (κ3) is 2.97. The number of carbonyl (C=O) groups excluding carboxylic acids is 1. The average Bonchev–Trinajstić information content (AvgIpc) is 3.17. The summed E-state index contributed by atoms with van der Waals surface area (Å²) < 4.78 is 18.6. The quantitative estimate of drug-likeness (QED) is 0.681. The maximum absolute atomic E-state index is 13.1. The molecule has 4 rings (SSSR count). The molecule has 1 aliphatic heterocycles. The number of rotatable bonds is 3. The Balaban J connectivity index is 1.67. The van der Waals surface area contributed by atoms with Crippen molar-refractivity contribution in [1.29, 1.82) is 0 Å². The topological polar surface area (TPSA) is 42.4 Å². The van der Waals surface area contributed by atoms with Crippen LogP contribution in [0.4, 0.5) is 10.1 Å². The van der Waals surface area contributed by atoms with E-state index in [0.29, 0.717) is 23.0 Å². The van der Waals surface area contributed by atoms with Crippen LogP contribution < -0.4 is 9.64 Å². The molecule has 3 aromatic rings. The van der Waals surface area contributed by atoms with Gasteiger partial charge in [0.2, 0.25) is 0 Å². The van der Waals surface area contributed by atoms with Crippen molar-refractivity contribution in [1.82, 2.24) is 4.98 Å². The number of nitrogens with zero attached hydrogens (tertiary/aromatic N) is 2.